The molecule has 0 unspecified atom stereocenters. The topological polar surface area (TPSA) is 129 Å². The monoisotopic (exact) mass is 397 g/mol. The van der Waals surface area contributed by atoms with Gasteiger partial charge in [0.25, 0.3) is 5.91 Å². The molecule has 0 radical (unpaired) electrons. The van der Waals surface area contributed by atoms with Gasteiger partial charge in [0.1, 0.15) is 0 Å². The van der Waals surface area contributed by atoms with E-state index in [9.17, 15) is 13.2 Å². The first kappa shape index (κ1) is 19.2. The van der Waals surface area contributed by atoms with E-state index in [1.54, 1.807) is 0 Å². The van der Waals surface area contributed by atoms with Crippen LogP contribution in [0.1, 0.15) is 15.9 Å². The second kappa shape index (κ2) is 7.59. The summed E-state index contributed by atoms with van der Waals surface area (Å²) in [6.45, 7) is 0. The highest BCUT2D eigenvalue weighted by Crippen LogP contribution is 2.23. The summed E-state index contributed by atoms with van der Waals surface area (Å²) in [6, 6.07) is 13.9. The number of carbonyl (C=O) groups is 1. The average molecular weight is 397 g/mol. The molecule has 0 aliphatic rings. The molecule has 0 spiro atoms. The normalized spacial score (nSPS) is 11.2. The fourth-order valence-corrected chi connectivity index (χ4v) is 3.14. The molecule has 3 aromatic rings. The van der Waals surface area contributed by atoms with E-state index in [4.69, 9.17) is 9.68 Å². The van der Waals surface area contributed by atoms with E-state index in [0.29, 0.717) is 16.7 Å². The Kier molecular flexibility index (Phi) is 5.21. The SMILES string of the molecule is CN(C)S(=O)(=O)c1ccc(-c2nnc(NC(=O)c3ccc(C#N)cc3)o2)cc1. The van der Waals surface area contributed by atoms with Gasteiger partial charge < -0.3 is 4.42 Å². The molecule has 0 aliphatic heterocycles. The van der Waals surface area contributed by atoms with Gasteiger partial charge in [0.2, 0.25) is 15.9 Å². The van der Waals surface area contributed by atoms with Crippen molar-refractivity contribution in [3.05, 3.63) is 59.7 Å². The van der Waals surface area contributed by atoms with Gasteiger partial charge in [-0.25, -0.2) is 12.7 Å². The standard InChI is InChI=1S/C18H15N5O4S/c1-23(2)28(25,26)15-9-7-14(8-10-15)17-21-22-18(27-17)20-16(24)13-5-3-12(11-19)4-6-13/h3-10H,1-2H3,(H,20,22,24). The first-order chi connectivity index (χ1) is 13.3. The molecule has 0 saturated heterocycles. The molecule has 2 aromatic carbocycles. The van der Waals surface area contributed by atoms with Crippen molar-refractivity contribution in [1.82, 2.24) is 14.5 Å². The summed E-state index contributed by atoms with van der Waals surface area (Å²) in [5.74, 6) is -0.337. The number of amides is 1. The minimum atomic E-state index is -3.53. The Balaban J connectivity index is 1.75. The predicted octanol–water partition coefficient (Wildman–Crippen LogP) is 2.11. The third-order valence-electron chi connectivity index (χ3n) is 3.80. The molecule has 1 N–H and O–H groups in total. The number of anilines is 1. The molecule has 10 heteroatoms. The quantitative estimate of drug-likeness (QED) is 0.698. The number of nitrogens with one attached hydrogen (secondary N) is 1. The van der Waals surface area contributed by atoms with Gasteiger partial charge in [0, 0.05) is 25.2 Å². The van der Waals surface area contributed by atoms with Crippen molar-refractivity contribution in [1.29, 1.82) is 5.26 Å². The highest BCUT2D eigenvalue weighted by molar-refractivity contribution is 7.89. The van der Waals surface area contributed by atoms with Gasteiger partial charge in [-0.2, -0.15) is 5.26 Å². The summed E-state index contributed by atoms with van der Waals surface area (Å²) in [4.78, 5) is 12.3. The maximum Gasteiger partial charge on any atom is 0.322 e. The highest BCUT2D eigenvalue weighted by atomic mass is 32.2. The molecule has 142 valence electrons. The summed E-state index contributed by atoms with van der Waals surface area (Å²) < 4.78 is 30.7. The van der Waals surface area contributed by atoms with Crippen LogP contribution in [0, 0.1) is 11.3 Å². The molecule has 0 bridgehead atoms. The third-order valence-corrected chi connectivity index (χ3v) is 5.63. The molecule has 3 rings (SSSR count). The number of aromatic nitrogens is 2. The lowest BCUT2D eigenvalue weighted by molar-refractivity contribution is 0.102. The average Bonchev–Trinajstić information content (AvgIpc) is 3.16. The maximum atomic E-state index is 12.2. The lowest BCUT2D eigenvalue weighted by atomic mass is 10.1. The predicted molar refractivity (Wildman–Crippen MR) is 99.7 cm³/mol. The molecule has 1 heterocycles. The summed E-state index contributed by atoms with van der Waals surface area (Å²) in [5.41, 5.74) is 1.28. The summed E-state index contributed by atoms with van der Waals surface area (Å²) >= 11 is 0. The number of benzene rings is 2. The van der Waals surface area contributed by atoms with Crippen molar-refractivity contribution in [3.63, 3.8) is 0 Å². The van der Waals surface area contributed by atoms with Crippen molar-refractivity contribution < 1.29 is 17.6 Å². The van der Waals surface area contributed by atoms with E-state index >= 15 is 0 Å². The Bertz CT molecular complexity index is 1140. The number of hydrogen-bond acceptors (Lipinski definition) is 7. The van der Waals surface area contributed by atoms with Crippen LogP contribution in [-0.2, 0) is 10.0 Å². The largest absolute Gasteiger partial charge is 0.403 e. The van der Waals surface area contributed by atoms with Gasteiger partial charge in [0.05, 0.1) is 16.5 Å². The van der Waals surface area contributed by atoms with Gasteiger partial charge >= 0.3 is 6.01 Å². The van der Waals surface area contributed by atoms with Crippen LogP contribution < -0.4 is 5.32 Å². The van der Waals surface area contributed by atoms with Crippen LogP contribution in [0.25, 0.3) is 11.5 Å². The summed E-state index contributed by atoms with van der Waals surface area (Å²) in [7, 11) is -0.636. The Hall–Kier alpha value is -3.55. The van der Waals surface area contributed by atoms with Crippen LogP contribution in [0.5, 0.6) is 0 Å². The Morgan fingerprint density at radius 3 is 2.29 bits per heavy atom. The van der Waals surface area contributed by atoms with Gasteiger partial charge in [-0.1, -0.05) is 5.10 Å². The minimum Gasteiger partial charge on any atom is -0.403 e. The van der Waals surface area contributed by atoms with Crippen LogP contribution in [0.3, 0.4) is 0 Å². The zero-order chi connectivity index (χ0) is 20.3. The number of nitrogens with zero attached hydrogens (tertiary/aromatic N) is 4. The van der Waals surface area contributed by atoms with Crippen molar-refractivity contribution in [2.75, 3.05) is 19.4 Å². The van der Waals surface area contributed by atoms with Crippen LogP contribution >= 0.6 is 0 Å². The number of rotatable bonds is 5. The Morgan fingerprint density at radius 1 is 1.07 bits per heavy atom. The second-order valence-corrected chi connectivity index (χ2v) is 8.02. The smallest absolute Gasteiger partial charge is 0.322 e. The summed E-state index contributed by atoms with van der Waals surface area (Å²) in [5, 5.41) is 18.9. The van der Waals surface area contributed by atoms with Gasteiger partial charge in [0.15, 0.2) is 0 Å². The van der Waals surface area contributed by atoms with Crippen molar-refractivity contribution in [2.24, 2.45) is 0 Å². The lowest BCUT2D eigenvalue weighted by Crippen LogP contribution is -2.22. The van der Waals surface area contributed by atoms with Gasteiger partial charge in [-0.3, -0.25) is 10.1 Å². The molecule has 28 heavy (non-hydrogen) atoms. The zero-order valence-corrected chi connectivity index (χ0v) is 15.8. The molecular formula is C18H15N5O4S. The minimum absolute atomic E-state index is 0.102. The van der Waals surface area contributed by atoms with Gasteiger partial charge in [-0.05, 0) is 48.5 Å². The molecule has 1 amide bonds. The highest BCUT2D eigenvalue weighted by Gasteiger charge is 2.18. The van der Waals surface area contributed by atoms with Crippen molar-refractivity contribution >= 4 is 21.9 Å². The number of carbonyl (C=O) groups excluding carboxylic acids is 1. The number of sulfonamides is 1. The van der Waals surface area contributed by atoms with E-state index in [1.807, 2.05) is 6.07 Å². The van der Waals surface area contributed by atoms with Crippen molar-refractivity contribution in [3.8, 4) is 17.5 Å². The zero-order valence-electron chi connectivity index (χ0n) is 14.9. The van der Waals surface area contributed by atoms with E-state index in [0.717, 1.165) is 4.31 Å². The molecule has 0 atom stereocenters. The first-order valence-corrected chi connectivity index (χ1v) is 9.43. The molecule has 0 aliphatic carbocycles. The Labute approximate surface area is 161 Å². The van der Waals surface area contributed by atoms with Crippen molar-refractivity contribution in [2.45, 2.75) is 4.90 Å². The van der Waals surface area contributed by atoms with E-state index in [-0.39, 0.29) is 16.8 Å². The van der Waals surface area contributed by atoms with Crippen LogP contribution in [0.4, 0.5) is 6.01 Å². The van der Waals surface area contributed by atoms with Crippen LogP contribution in [-0.4, -0.2) is 42.9 Å². The third kappa shape index (κ3) is 3.90. The molecule has 0 saturated carbocycles. The van der Waals surface area contributed by atoms with E-state index < -0.39 is 15.9 Å². The fraction of sp³-hybridized carbons (Fsp3) is 0.111. The first-order valence-electron chi connectivity index (χ1n) is 7.99. The maximum absolute atomic E-state index is 12.2. The van der Waals surface area contributed by atoms with Crippen LogP contribution in [0.2, 0.25) is 0 Å². The molecular weight excluding hydrogens is 382 g/mol. The van der Waals surface area contributed by atoms with E-state index in [2.05, 4.69) is 15.5 Å². The molecule has 1 aromatic heterocycles. The van der Waals surface area contributed by atoms with E-state index in [1.165, 1.54) is 62.6 Å². The Morgan fingerprint density at radius 2 is 1.71 bits per heavy atom. The summed E-state index contributed by atoms with van der Waals surface area (Å²) in [6.07, 6.45) is 0. The number of nitriles is 1. The van der Waals surface area contributed by atoms with Gasteiger partial charge in [-0.15, -0.1) is 5.10 Å². The number of hydrogen-bond donors (Lipinski definition) is 1. The fourth-order valence-electron chi connectivity index (χ4n) is 2.24. The lowest BCUT2D eigenvalue weighted by Gasteiger charge is -2.11. The molecule has 9 nitrogen and oxygen atoms in total. The van der Waals surface area contributed by atoms with Crippen LogP contribution in [0.15, 0.2) is 57.8 Å². The second-order valence-electron chi connectivity index (χ2n) is 5.87. The molecule has 0 fully saturated rings.